The number of aromatic nitrogens is 1. The Labute approximate surface area is 163 Å². The molecule has 0 amide bonds. The molecule has 1 aromatic carbocycles. The number of pyridine rings is 1. The van der Waals surface area contributed by atoms with E-state index in [1.807, 2.05) is 6.07 Å². The maximum Gasteiger partial charge on any atom is 0.268 e. The molecule has 1 fully saturated rings. The summed E-state index contributed by atoms with van der Waals surface area (Å²) in [5, 5.41) is 9.96. The third-order valence-electron chi connectivity index (χ3n) is 5.22. The summed E-state index contributed by atoms with van der Waals surface area (Å²) in [5.74, 6) is -3.68. The van der Waals surface area contributed by atoms with E-state index in [-0.39, 0.29) is 25.2 Å². The van der Waals surface area contributed by atoms with Crippen LogP contribution in [0.4, 0.5) is 14.5 Å². The number of nitrogens with zero attached hydrogens (tertiary/aromatic N) is 4. The van der Waals surface area contributed by atoms with Crippen molar-refractivity contribution in [2.45, 2.75) is 25.2 Å². The first kappa shape index (κ1) is 20.2. The van der Waals surface area contributed by atoms with Gasteiger partial charge < -0.3 is 9.80 Å². The van der Waals surface area contributed by atoms with Gasteiger partial charge in [-0.15, -0.1) is 0 Å². The fraction of sp³-hybridized carbons (Fsp3) is 0.476. The highest BCUT2D eigenvalue weighted by Crippen LogP contribution is 2.39. The van der Waals surface area contributed by atoms with Gasteiger partial charge in [0.15, 0.2) is 0 Å². The van der Waals surface area contributed by atoms with Crippen molar-refractivity contribution in [2.24, 2.45) is 5.92 Å². The maximum absolute atomic E-state index is 14.8. The fourth-order valence-corrected chi connectivity index (χ4v) is 3.84. The number of carbonyl (C=O) groups excluding carboxylic acids is 1. The molecule has 2 aromatic rings. The zero-order valence-electron chi connectivity index (χ0n) is 16.2. The highest BCUT2D eigenvalue weighted by Gasteiger charge is 2.44. The highest BCUT2D eigenvalue weighted by molar-refractivity contribution is 5.95. The number of rotatable bonds is 6. The molecule has 28 heavy (non-hydrogen) atoms. The van der Waals surface area contributed by atoms with Gasteiger partial charge in [-0.05, 0) is 51.2 Å². The zero-order valence-corrected chi connectivity index (χ0v) is 16.2. The number of piperidine rings is 1. The molecular weight excluding hydrogens is 362 g/mol. The third kappa shape index (κ3) is 4.28. The number of likely N-dealkylation sites (N-methyl/N-ethyl adjacent to an activating group) is 1. The Kier molecular flexibility index (Phi) is 5.90. The van der Waals surface area contributed by atoms with Crippen molar-refractivity contribution < 1.29 is 13.6 Å². The van der Waals surface area contributed by atoms with E-state index < -0.39 is 18.4 Å². The van der Waals surface area contributed by atoms with Crippen LogP contribution in [-0.2, 0) is 4.79 Å². The predicted molar refractivity (Wildman–Crippen MR) is 105 cm³/mol. The third-order valence-corrected chi connectivity index (χ3v) is 5.22. The van der Waals surface area contributed by atoms with Crippen molar-refractivity contribution >= 4 is 22.4 Å². The molecule has 7 heteroatoms. The van der Waals surface area contributed by atoms with Crippen LogP contribution in [0.25, 0.3) is 10.9 Å². The van der Waals surface area contributed by atoms with Gasteiger partial charge in [0.1, 0.15) is 11.9 Å². The molecule has 1 aliphatic rings. The summed E-state index contributed by atoms with van der Waals surface area (Å²) in [4.78, 5) is 19.5. The van der Waals surface area contributed by atoms with Crippen LogP contribution in [0, 0.1) is 17.2 Å². The minimum Gasteiger partial charge on any atom is -0.365 e. The molecule has 3 rings (SSSR count). The van der Waals surface area contributed by atoms with Gasteiger partial charge in [0.05, 0.1) is 24.2 Å². The molecule has 1 saturated heterocycles. The molecule has 1 atom stereocenters. The minimum atomic E-state index is -2.88. The lowest BCUT2D eigenvalue weighted by atomic mass is 9.87. The lowest BCUT2D eigenvalue weighted by Crippen LogP contribution is -2.49. The number of nitriles is 1. The van der Waals surface area contributed by atoms with Crippen LogP contribution in [0.1, 0.15) is 24.8 Å². The molecule has 0 saturated carbocycles. The SMILES string of the molecule is CN(C)CC(=O)CCC1CCN(c2ccc(C#N)c3ncccc23)CC1(F)F. The maximum atomic E-state index is 14.8. The molecule has 1 unspecified atom stereocenters. The van der Waals surface area contributed by atoms with Crippen LogP contribution in [0.5, 0.6) is 0 Å². The lowest BCUT2D eigenvalue weighted by Gasteiger charge is -2.40. The van der Waals surface area contributed by atoms with Crippen molar-refractivity contribution in [2.75, 3.05) is 38.6 Å². The number of alkyl halides is 2. The smallest absolute Gasteiger partial charge is 0.268 e. The van der Waals surface area contributed by atoms with Gasteiger partial charge >= 0.3 is 0 Å². The van der Waals surface area contributed by atoms with Crippen LogP contribution in [0.2, 0.25) is 0 Å². The largest absolute Gasteiger partial charge is 0.365 e. The van der Waals surface area contributed by atoms with E-state index in [0.29, 0.717) is 35.1 Å². The van der Waals surface area contributed by atoms with E-state index >= 15 is 0 Å². The quantitative estimate of drug-likeness (QED) is 0.761. The monoisotopic (exact) mass is 386 g/mol. The topological polar surface area (TPSA) is 60.2 Å². The number of hydrogen-bond donors (Lipinski definition) is 0. The average molecular weight is 386 g/mol. The Morgan fingerprint density at radius 2 is 2.18 bits per heavy atom. The lowest BCUT2D eigenvalue weighted by molar-refractivity contribution is -0.121. The average Bonchev–Trinajstić information content (AvgIpc) is 2.65. The van der Waals surface area contributed by atoms with Gasteiger partial charge in [-0.1, -0.05) is 0 Å². The van der Waals surface area contributed by atoms with Crippen LogP contribution < -0.4 is 4.90 Å². The second-order valence-electron chi connectivity index (χ2n) is 7.63. The molecular formula is C21H24F2N4O. The van der Waals surface area contributed by atoms with Gasteiger partial charge in [-0.3, -0.25) is 9.78 Å². The standard InChI is InChI=1S/C21H24F2N4O/c1-26(2)13-17(28)7-6-16-9-11-27(14-21(16,22)23)19-8-5-15(12-24)20-18(19)4-3-10-25-20/h3-5,8,10,16H,6-7,9,11,13-14H2,1-2H3. The zero-order chi connectivity index (χ0) is 20.3. The van der Waals surface area contributed by atoms with Gasteiger partial charge in [0, 0.05) is 36.2 Å². The number of benzene rings is 1. The molecule has 5 nitrogen and oxygen atoms in total. The Hall–Kier alpha value is -2.59. The summed E-state index contributed by atoms with van der Waals surface area (Å²) in [6.07, 6.45) is 2.31. The molecule has 1 aromatic heterocycles. The van der Waals surface area contributed by atoms with E-state index in [0.717, 1.165) is 0 Å². The first-order valence-electron chi connectivity index (χ1n) is 9.39. The van der Waals surface area contributed by atoms with E-state index in [2.05, 4.69) is 11.1 Å². The van der Waals surface area contributed by atoms with Crippen LogP contribution in [-0.4, -0.2) is 55.3 Å². The Morgan fingerprint density at radius 3 is 2.86 bits per heavy atom. The van der Waals surface area contributed by atoms with Crippen molar-refractivity contribution in [1.29, 1.82) is 5.26 Å². The molecule has 1 aliphatic heterocycles. The molecule has 0 aliphatic carbocycles. The summed E-state index contributed by atoms with van der Waals surface area (Å²) >= 11 is 0. The summed E-state index contributed by atoms with van der Waals surface area (Å²) in [6.45, 7) is 0.377. The Morgan fingerprint density at radius 1 is 1.39 bits per heavy atom. The number of ketones is 1. The molecule has 148 valence electrons. The number of carbonyl (C=O) groups is 1. The summed E-state index contributed by atoms with van der Waals surface area (Å²) in [6, 6.07) is 9.01. The molecule has 0 bridgehead atoms. The Bertz CT molecular complexity index is 907. The van der Waals surface area contributed by atoms with Gasteiger partial charge in [0.25, 0.3) is 5.92 Å². The minimum absolute atomic E-state index is 0.00705. The van der Waals surface area contributed by atoms with Crippen LogP contribution in [0.15, 0.2) is 30.5 Å². The number of halogens is 2. The van der Waals surface area contributed by atoms with E-state index in [1.54, 1.807) is 48.3 Å². The normalized spacial score (nSPS) is 19.0. The number of anilines is 1. The number of Topliss-reactive ketones (excluding diaryl/α,β-unsaturated/α-hetero) is 1. The first-order valence-corrected chi connectivity index (χ1v) is 9.39. The molecule has 0 N–H and O–H groups in total. The second-order valence-corrected chi connectivity index (χ2v) is 7.63. The van der Waals surface area contributed by atoms with Gasteiger partial charge in [0.2, 0.25) is 0 Å². The van der Waals surface area contributed by atoms with Crippen molar-refractivity contribution in [3.8, 4) is 6.07 Å². The second kappa shape index (κ2) is 8.19. The molecule has 0 radical (unpaired) electrons. The first-order chi connectivity index (χ1) is 13.3. The van der Waals surface area contributed by atoms with Crippen molar-refractivity contribution in [3.05, 3.63) is 36.0 Å². The fourth-order valence-electron chi connectivity index (χ4n) is 3.84. The number of hydrogen-bond acceptors (Lipinski definition) is 5. The Balaban J connectivity index is 1.75. The molecule has 2 heterocycles. The van der Waals surface area contributed by atoms with Crippen LogP contribution >= 0.6 is 0 Å². The van der Waals surface area contributed by atoms with Gasteiger partial charge in [-0.25, -0.2) is 8.78 Å². The summed E-state index contributed by atoms with van der Waals surface area (Å²) < 4.78 is 29.7. The van der Waals surface area contributed by atoms with Crippen molar-refractivity contribution in [1.82, 2.24) is 9.88 Å². The summed E-state index contributed by atoms with van der Waals surface area (Å²) in [7, 11) is 3.59. The van der Waals surface area contributed by atoms with Crippen LogP contribution in [0.3, 0.4) is 0 Å². The highest BCUT2D eigenvalue weighted by atomic mass is 19.3. The number of fused-ring (bicyclic) bond motifs is 1. The van der Waals surface area contributed by atoms with E-state index in [9.17, 15) is 18.8 Å². The molecule has 0 spiro atoms. The summed E-state index contributed by atoms with van der Waals surface area (Å²) in [5.41, 5.74) is 1.63. The van der Waals surface area contributed by atoms with E-state index in [4.69, 9.17) is 0 Å². The van der Waals surface area contributed by atoms with E-state index in [1.165, 1.54) is 0 Å². The van der Waals surface area contributed by atoms with Gasteiger partial charge in [-0.2, -0.15) is 5.26 Å². The van der Waals surface area contributed by atoms with Crippen molar-refractivity contribution in [3.63, 3.8) is 0 Å². The predicted octanol–water partition coefficient (Wildman–Crippen LogP) is 3.48.